The number of nitrogens with zero attached hydrogens (tertiary/aromatic N) is 8. The maximum Gasteiger partial charge on any atom is 0.432 e. The van der Waals surface area contributed by atoms with Crippen LogP contribution in [-0.4, -0.2) is 63.4 Å². The topological polar surface area (TPSA) is 185 Å². The Kier molecular flexibility index (Phi) is 28.0. The summed E-state index contributed by atoms with van der Waals surface area (Å²) in [7, 11) is 3.21. The van der Waals surface area contributed by atoms with Crippen LogP contribution in [0.1, 0.15) is 43.3 Å². The maximum absolute atomic E-state index is 14.3. The third-order valence-electron chi connectivity index (χ3n) is 12.9. The van der Waals surface area contributed by atoms with Gasteiger partial charge in [-0.3, -0.25) is 15.4 Å². The van der Waals surface area contributed by atoms with Gasteiger partial charge in [-0.15, -0.1) is 51.9 Å². The van der Waals surface area contributed by atoms with Crippen LogP contribution in [0.2, 0.25) is 10.0 Å². The molecule has 10 aromatic rings. The number of hydrogen-bond donors (Lipinski definition) is 5. The van der Waals surface area contributed by atoms with Crippen molar-refractivity contribution in [3.05, 3.63) is 203 Å². The molecule has 6 N–H and O–H groups in total. The van der Waals surface area contributed by atoms with Crippen LogP contribution in [0.4, 0.5) is 50.0 Å². The van der Waals surface area contributed by atoms with E-state index in [0.29, 0.717) is 15.2 Å². The Labute approximate surface area is 580 Å². The van der Waals surface area contributed by atoms with Crippen LogP contribution >= 0.6 is 79.9 Å². The molecule has 1 saturated heterocycles. The maximum atomic E-state index is 14.3. The fourth-order valence-corrected chi connectivity index (χ4v) is 12.7. The predicted octanol–water partition coefficient (Wildman–Crippen LogP) is 15.0. The number of nitrogen functional groups attached to an aromatic ring is 1. The second-order valence-corrected chi connectivity index (χ2v) is 24.7. The zero-order valence-corrected chi connectivity index (χ0v) is 58.0. The Morgan fingerprint density at radius 2 is 1.52 bits per heavy atom. The minimum Gasteiger partial charge on any atom is -0.481 e. The second-order valence-electron chi connectivity index (χ2n) is 19.6. The molecule has 7 heterocycles. The molecular weight excluding hydrogens is 1380 g/mol. The first kappa shape index (κ1) is 73.3. The number of rotatable bonds is 10. The molecule has 0 spiro atoms. The average molecular weight is 1450 g/mol. The number of benzene rings is 5. The largest absolute Gasteiger partial charge is 0.481 e. The Bertz CT molecular complexity index is 4180. The summed E-state index contributed by atoms with van der Waals surface area (Å²) in [5.41, 5.74) is 14.4. The summed E-state index contributed by atoms with van der Waals surface area (Å²) in [4.78, 5) is 42.8. The molecule has 2 amide bonds. The Hall–Kier alpha value is -6.75. The van der Waals surface area contributed by atoms with Gasteiger partial charge >= 0.3 is 17.2 Å². The second kappa shape index (κ2) is 34.8. The van der Waals surface area contributed by atoms with Crippen molar-refractivity contribution in [2.24, 2.45) is 24.1 Å². The van der Waals surface area contributed by atoms with Crippen molar-refractivity contribution in [2.75, 3.05) is 47.5 Å². The van der Waals surface area contributed by atoms with Gasteiger partial charge in [-0.1, -0.05) is 120 Å². The summed E-state index contributed by atoms with van der Waals surface area (Å²) in [6.45, 7) is 13.3. The van der Waals surface area contributed by atoms with Crippen molar-refractivity contribution >= 4 is 124 Å². The summed E-state index contributed by atoms with van der Waals surface area (Å²) in [5.74, 6) is -0.990. The van der Waals surface area contributed by atoms with Crippen LogP contribution in [0.25, 0.3) is 28.2 Å². The summed E-state index contributed by atoms with van der Waals surface area (Å²) >= 11 is 18.9. The van der Waals surface area contributed by atoms with Gasteiger partial charge < -0.3 is 29.8 Å². The molecule has 91 heavy (non-hydrogen) atoms. The van der Waals surface area contributed by atoms with Crippen molar-refractivity contribution in [3.63, 3.8) is 0 Å². The van der Waals surface area contributed by atoms with Crippen molar-refractivity contribution in [2.45, 2.75) is 54.0 Å². The van der Waals surface area contributed by atoms with Crippen LogP contribution in [-0.2, 0) is 62.6 Å². The van der Waals surface area contributed by atoms with E-state index in [1.807, 2.05) is 124 Å². The van der Waals surface area contributed by atoms with Crippen LogP contribution in [0.3, 0.4) is 0 Å². The number of halogens is 6. The van der Waals surface area contributed by atoms with E-state index in [4.69, 9.17) is 33.7 Å². The number of nitrogens with two attached hydrogens (primary N) is 1. The summed E-state index contributed by atoms with van der Waals surface area (Å²) in [6.07, 6.45) is 0.213. The first-order valence-electron chi connectivity index (χ1n) is 27.3. The fourth-order valence-electron chi connectivity index (χ4n) is 8.50. The number of amides is 2. The van der Waals surface area contributed by atoms with Gasteiger partial charge in [-0.25, -0.2) is 34.5 Å². The summed E-state index contributed by atoms with van der Waals surface area (Å²) in [5, 5.41) is 25.2. The molecular formula is C63H66Cl2F4N13O3S5Y+. The number of aryl methyl sites for hydroxylation is 4. The molecule has 0 saturated carbocycles. The smallest absolute Gasteiger partial charge is 0.432 e. The SMILES string of the molecule is C.C=CCN1C(=O)COc2cc(F)c(N=c3scc(C(F)(F)F)n3C)cc21.CC(=O)Nc1scc(C)[n+]1-c1ccccc1.Cc1ccc(N=c2sccn2C)c(C)c1.Clc1ccc(-c2csc(NC3NCCCN3)n2)cc1Cl.Nc1nc(-c2ccccc2)cs1.[Y]. The first-order chi connectivity index (χ1) is 42.6. The van der Waals surface area contributed by atoms with Crippen LogP contribution in [0, 0.1) is 26.6 Å². The van der Waals surface area contributed by atoms with Gasteiger partial charge in [0.05, 0.1) is 32.8 Å². The Morgan fingerprint density at radius 3 is 2.13 bits per heavy atom. The molecule has 2 aliphatic heterocycles. The number of aromatic nitrogens is 5. The first-order valence-corrected chi connectivity index (χ1v) is 32.4. The van der Waals surface area contributed by atoms with Crippen molar-refractivity contribution in [3.8, 4) is 34.0 Å². The van der Waals surface area contributed by atoms with E-state index in [1.165, 1.54) is 64.8 Å². The van der Waals surface area contributed by atoms with E-state index in [0.717, 1.165) is 102 Å². The molecule has 5 aromatic carbocycles. The van der Waals surface area contributed by atoms with Gasteiger partial charge in [0.25, 0.3) is 5.91 Å². The molecule has 475 valence electrons. The molecule has 12 rings (SSSR count). The molecule has 28 heteroatoms. The van der Waals surface area contributed by atoms with Crippen molar-refractivity contribution < 1.29 is 69.2 Å². The number of nitrogens with one attached hydrogen (secondary N) is 4. The molecule has 0 aliphatic carbocycles. The molecule has 1 fully saturated rings. The van der Waals surface area contributed by atoms with Gasteiger partial charge in [0, 0.05) is 111 Å². The quantitative estimate of drug-likeness (QED) is 0.0505. The zero-order chi connectivity index (χ0) is 63.8. The van der Waals surface area contributed by atoms with Crippen molar-refractivity contribution in [1.82, 2.24) is 29.7 Å². The van der Waals surface area contributed by atoms with Gasteiger partial charge in [0.2, 0.25) is 0 Å². The third kappa shape index (κ3) is 20.6. The number of ether oxygens (including phenoxy) is 1. The van der Waals surface area contributed by atoms with Crippen LogP contribution in [0.15, 0.2) is 165 Å². The Balaban J connectivity index is 0.000000184. The number of carbonyl (C=O) groups is 2. The number of para-hydroxylation sites is 1. The van der Waals surface area contributed by atoms with Gasteiger partial charge in [0.1, 0.15) is 34.8 Å². The molecule has 5 aromatic heterocycles. The standard InChI is InChI=1S/C16H13F4N3O2S.C13H14Cl2N4S.C12H12N2OS.C12H14N2S.C9H8N2S.CH4.Y/c1-3-4-23-11-6-10(9(17)5-12(11)25-7-14(23)24)21-15-22(2)13(8-26-15)16(18,19)20;14-9-3-2-8(6-10(9)15)11-7-20-13(18-11)19-12-16-4-1-5-17-12;1-9-8-16-12(13-10(2)15)14(9)11-6-4-3-5-7-11;1-9-4-5-11(10(2)8-9)13-12-14(3)6-7-15-12;10-9-11-8(6-12-9)7-4-2-1-3-5-7;;/h3,5-6,8H,1,4,7H2,2H3;2-3,6-7,12,16-17H,1,4-5H2,(H,18,19);3-8H,1-2H3;4-8H,1-3H3;1-6H,(H2,10,11);1H4;/p+1. The van der Waals surface area contributed by atoms with E-state index in [1.54, 1.807) is 28.7 Å². The monoisotopic (exact) mass is 1450 g/mol. The van der Waals surface area contributed by atoms with Crippen LogP contribution < -0.4 is 50.8 Å². The van der Waals surface area contributed by atoms with E-state index >= 15 is 0 Å². The van der Waals surface area contributed by atoms with E-state index < -0.39 is 17.7 Å². The molecule has 2 aliphatic rings. The van der Waals surface area contributed by atoms with Gasteiger partial charge in [-0.05, 0) is 82.2 Å². The minimum absolute atomic E-state index is 0. The van der Waals surface area contributed by atoms with E-state index in [2.05, 4.69) is 79.8 Å². The van der Waals surface area contributed by atoms with Crippen molar-refractivity contribution in [1.29, 1.82) is 0 Å². The van der Waals surface area contributed by atoms with Crippen LogP contribution in [0.5, 0.6) is 5.75 Å². The minimum atomic E-state index is -4.53. The molecule has 1 radical (unpaired) electrons. The van der Waals surface area contributed by atoms with Gasteiger partial charge in [0.15, 0.2) is 32.3 Å². The normalized spacial score (nSPS) is 13.0. The number of thiazole rings is 5. The van der Waals surface area contributed by atoms with E-state index in [9.17, 15) is 27.2 Å². The summed E-state index contributed by atoms with van der Waals surface area (Å²) < 4.78 is 63.1. The zero-order valence-electron chi connectivity index (χ0n) is 49.5. The third-order valence-corrected chi connectivity index (χ3v) is 17.8. The van der Waals surface area contributed by atoms with Gasteiger partial charge in [-0.2, -0.15) is 17.7 Å². The molecule has 0 unspecified atom stereocenters. The Morgan fingerprint density at radius 1 is 0.835 bits per heavy atom. The molecule has 0 bridgehead atoms. The number of anilines is 4. The molecule has 0 atom stereocenters. The molecule has 16 nitrogen and oxygen atoms in total. The number of hydrogen-bond acceptors (Lipinski definition) is 16. The summed E-state index contributed by atoms with van der Waals surface area (Å²) in [6, 6.07) is 34.2. The number of fused-ring (bicyclic) bond motifs is 1. The number of carbonyl (C=O) groups excluding carboxylic acids is 2. The number of alkyl halides is 3. The fraction of sp³-hybridized carbons (Fsp3) is 0.222. The van der Waals surface area contributed by atoms with E-state index in [-0.39, 0.29) is 93.3 Å². The average Bonchev–Trinajstić information content (AvgIpc) is 1.00. The predicted molar refractivity (Wildman–Crippen MR) is 362 cm³/mol.